The van der Waals surface area contributed by atoms with E-state index in [-0.39, 0.29) is 16.5 Å². The molecule has 24 heavy (non-hydrogen) atoms. The minimum Gasteiger partial charge on any atom is -0.496 e. The second-order valence-electron chi connectivity index (χ2n) is 5.45. The summed E-state index contributed by atoms with van der Waals surface area (Å²) in [5, 5.41) is 3.01. The normalized spacial score (nSPS) is 15.7. The van der Waals surface area contributed by atoms with Gasteiger partial charge < -0.3 is 25.4 Å². The van der Waals surface area contributed by atoms with Crippen molar-refractivity contribution in [2.75, 3.05) is 39.1 Å². The van der Waals surface area contributed by atoms with Gasteiger partial charge in [-0.2, -0.15) is 0 Å². The highest BCUT2D eigenvalue weighted by Crippen LogP contribution is 2.28. The summed E-state index contributed by atoms with van der Waals surface area (Å²) in [5.41, 5.74) is 6.28. The number of carbonyl (C=O) groups is 2. The molecule has 0 aliphatic carbocycles. The maximum absolute atomic E-state index is 12.6. The number of amides is 2. The van der Waals surface area contributed by atoms with E-state index >= 15 is 0 Å². The van der Waals surface area contributed by atoms with Gasteiger partial charge in [-0.1, -0.05) is 18.5 Å². The number of rotatable bonds is 5. The van der Waals surface area contributed by atoms with E-state index < -0.39 is 11.9 Å². The Balaban J connectivity index is 2.14. The van der Waals surface area contributed by atoms with Crippen LogP contribution < -0.4 is 15.8 Å². The molecule has 3 N–H and O–H groups in total. The van der Waals surface area contributed by atoms with Crippen molar-refractivity contribution in [2.24, 2.45) is 0 Å². The van der Waals surface area contributed by atoms with Crippen molar-refractivity contribution in [2.45, 2.75) is 19.4 Å². The number of hydrogen-bond acceptors (Lipinski definition) is 5. The molecule has 1 aliphatic rings. The van der Waals surface area contributed by atoms with Crippen molar-refractivity contribution in [3.63, 3.8) is 0 Å². The third kappa shape index (κ3) is 4.10. The van der Waals surface area contributed by atoms with Crippen LogP contribution in [0.25, 0.3) is 0 Å². The number of anilines is 1. The fourth-order valence-corrected chi connectivity index (χ4v) is 2.66. The standard InChI is InChI=1S/C16H22ClN3O4/c1-3-13(16(22)20-4-6-24-7-5-20)19-15(21)10-8-11(17)12(18)9-14(10)23-2/h8-9,13H,3-7,18H2,1-2H3,(H,19,21). The molecule has 1 fully saturated rings. The first kappa shape index (κ1) is 18.4. The van der Waals surface area contributed by atoms with E-state index in [0.717, 1.165) is 0 Å². The smallest absolute Gasteiger partial charge is 0.255 e. The molecule has 132 valence electrons. The van der Waals surface area contributed by atoms with E-state index in [4.69, 9.17) is 26.8 Å². The number of nitrogens with zero attached hydrogens (tertiary/aromatic N) is 1. The number of nitrogens with one attached hydrogen (secondary N) is 1. The lowest BCUT2D eigenvalue weighted by atomic mass is 10.1. The molecule has 7 nitrogen and oxygen atoms in total. The first-order valence-corrected chi connectivity index (χ1v) is 8.16. The zero-order valence-electron chi connectivity index (χ0n) is 13.8. The van der Waals surface area contributed by atoms with Gasteiger partial charge in [0.25, 0.3) is 5.91 Å². The molecule has 1 aromatic carbocycles. The molecular formula is C16H22ClN3O4. The summed E-state index contributed by atoms with van der Waals surface area (Å²) in [5.74, 6) is -0.236. The number of ether oxygens (including phenoxy) is 2. The lowest BCUT2D eigenvalue weighted by Gasteiger charge is -2.30. The molecule has 0 saturated carbocycles. The SMILES string of the molecule is CCC(NC(=O)c1cc(Cl)c(N)cc1OC)C(=O)N1CCOCC1. The summed E-state index contributed by atoms with van der Waals surface area (Å²) in [6.07, 6.45) is 0.479. The highest BCUT2D eigenvalue weighted by atomic mass is 35.5. The molecule has 2 amide bonds. The van der Waals surface area contributed by atoms with Gasteiger partial charge in [0.15, 0.2) is 0 Å². The number of methoxy groups -OCH3 is 1. The van der Waals surface area contributed by atoms with E-state index in [1.54, 1.807) is 4.90 Å². The largest absolute Gasteiger partial charge is 0.496 e. The lowest BCUT2D eigenvalue weighted by molar-refractivity contribution is -0.137. The summed E-state index contributed by atoms with van der Waals surface area (Å²) in [4.78, 5) is 26.8. The average Bonchev–Trinajstić information content (AvgIpc) is 2.61. The van der Waals surface area contributed by atoms with Gasteiger partial charge in [0.05, 0.1) is 36.6 Å². The van der Waals surface area contributed by atoms with Gasteiger partial charge in [0.2, 0.25) is 5.91 Å². The quantitative estimate of drug-likeness (QED) is 0.776. The summed E-state index contributed by atoms with van der Waals surface area (Å²) in [7, 11) is 1.44. The molecule has 1 aliphatic heterocycles. The first-order valence-electron chi connectivity index (χ1n) is 7.78. The van der Waals surface area contributed by atoms with Gasteiger partial charge >= 0.3 is 0 Å². The molecule has 0 bridgehead atoms. The fraction of sp³-hybridized carbons (Fsp3) is 0.500. The van der Waals surface area contributed by atoms with Gasteiger partial charge in [0, 0.05) is 19.2 Å². The molecule has 0 spiro atoms. The third-order valence-electron chi connectivity index (χ3n) is 3.90. The third-order valence-corrected chi connectivity index (χ3v) is 4.23. The number of morpholine rings is 1. The van der Waals surface area contributed by atoms with Crippen LogP contribution in [0.4, 0.5) is 5.69 Å². The Morgan fingerprint density at radius 2 is 2.08 bits per heavy atom. The van der Waals surface area contributed by atoms with Crippen LogP contribution in [0.5, 0.6) is 5.75 Å². The van der Waals surface area contributed by atoms with Crippen LogP contribution in [0.15, 0.2) is 12.1 Å². The molecule has 1 saturated heterocycles. The van der Waals surface area contributed by atoms with Crippen LogP contribution in [0.1, 0.15) is 23.7 Å². The Bertz CT molecular complexity index is 618. The molecule has 1 aromatic rings. The first-order chi connectivity index (χ1) is 11.5. The van der Waals surface area contributed by atoms with Gasteiger partial charge in [-0.05, 0) is 12.5 Å². The highest BCUT2D eigenvalue weighted by Gasteiger charge is 2.27. The maximum Gasteiger partial charge on any atom is 0.255 e. The topological polar surface area (TPSA) is 93.9 Å². The summed E-state index contributed by atoms with van der Waals surface area (Å²) in [6.45, 7) is 3.93. The van der Waals surface area contributed by atoms with Gasteiger partial charge in [-0.15, -0.1) is 0 Å². The van der Waals surface area contributed by atoms with Crippen molar-refractivity contribution in [1.82, 2.24) is 10.2 Å². The molecule has 1 atom stereocenters. The monoisotopic (exact) mass is 355 g/mol. The summed E-state index contributed by atoms with van der Waals surface area (Å²) < 4.78 is 10.4. The second kappa shape index (κ2) is 8.21. The van der Waals surface area contributed by atoms with Crippen LogP contribution >= 0.6 is 11.6 Å². The van der Waals surface area contributed by atoms with Crippen molar-refractivity contribution < 1.29 is 19.1 Å². The molecular weight excluding hydrogens is 334 g/mol. The zero-order chi connectivity index (χ0) is 17.7. The van der Waals surface area contributed by atoms with E-state index in [9.17, 15) is 9.59 Å². The van der Waals surface area contributed by atoms with Crippen LogP contribution in [0.2, 0.25) is 5.02 Å². The van der Waals surface area contributed by atoms with Gasteiger partial charge in [-0.3, -0.25) is 9.59 Å². The van der Waals surface area contributed by atoms with Crippen molar-refractivity contribution in [1.29, 1.82) is 0 Å². The summed E-state index contributed by atoms with van der Waals surface area (Å²) >= 11 is 5.99. The highest BCUT2D eigenvalue weighted by molar-refractivity contribution is 6.33. The maximum atomic E-state index is 12.6. The second-order valence-corrected chi connectivity index (χ2v) is 5.85. The summed E-state index contributed by atoms with van der Waals surface area (Å²) in [6, 6.07) is 2.32. The predicted octanol–water partition coefficient (Wildman–Crippen LogP) is 1.30. The molecule has 0 aromatic heterocycles. The van der Waals surface area contributed by atoms with Crippen molar-refractivity contribution >= 4 is 29.1 Å². The number of carbonyl (C=O) groups excluding carboxylic acids is 2. The Morgan fingerprint density at radius 1 is 1.42 bits per heavy atom. The van der Waals surface area contributed by atoms with E-state index in [1.807, 2.05) is 6.92 Å². The van der Waals surface area contributed by atoms with Crippen molar-refractivity contribution in [3.8, 4) is 5.75 Å². The van der Waals surface area contributed by atoms with E-state index in [2.05, 4.69) is 5.32 Å². The Kier molecular flexibility index (Phi) is 6.28. The molecule has 8 heteroatoms. The van der Waals surface area contributed by atoms with Crippen LogP contribution in [-0.4, -0.2) is 56.2 Å². The number of hydrogen-bond donors (Lipinski definition) is 2. The minimum absolute atomic E-state index is 0.116. The van der Waals surface area contributed by atoms with E-state index in [0.29, 0.717) is 44.2 Å². The Hall–Kier alpha value is -1.99. The van der Waals surface area contributed by atoms with Gasteiger partial charge in [0.1, 0.15) is 11.8 Å². The Labute approximate surface area is 146 Å². The van der Waals surface area contributed by atoms with Gasteiger partial charge in [-0.25, -0.2) is 0 Å². The van der Waals surface area contributed by atoms with Crippen LogP contribution in [-0.2, 0) is 9.53 Å². The zero-order valence-corrected chi connectivity index (χ0v) is 14.6. The number of nitrogens with two attached hydrogens (primary N) is 1. The molecule has 1 unspecified atom stereocenters. The Morgan fingerprint density at radius 3 is 2.67 bits per heavy atom. The molecule has 1 heterocycles. The molecule has 0 radical (unpaired) electrons. The van der Waals surface area contributed by atoms with Crippen LogP contribution in [0, 0.1) is 0 Å². The van der Waals surface area contributed by atoms with E-state index in [1.165, 1.54) is 19.2 Å². The minimum atomic E-state index is -0.614. The van der Waals surface area contributed by atoms with Crippen LogP contribution in [0.3, 0.4) is 0 Å². The van der Waals surface area contributed by atoms with Crippen molar-refractivity contribution in [3.05, 3.63) is 22.7 Å². The fourth-order valence-electron chi connectivity index (χ4n) is 2.49. The molecule has 2 rings (SSSR count). The average molecular weight is 356 g/mol. The number of halogens is 1. The number of nitrogen functional groups attached to an aromatic ring is 1. The predicted molar refractivity (Wildman–Crippen MR) is 91.4 cm³/mol. The lowest BCUT2D eigenvalue weighted by Crippen LogP contribution is -2.51. The number of benzene rings is 1.